The Morgan fingerprint density at radius 2 is 1.45 bits per heavy atom. The number of nitrogens with two attached hydrogens (primary N) is 1. The summed E-state index contributed by atoms with van der Waals surface area (Å²) in [6.45, 7) is 0.754. The van der Waals surface area contributed by atoms with Crippen molar-refractivity contribution in [2.45, 2.75) is 0 Å². The molecule has 0 spiro atoms. The number of amides is 2. The van der Waals surface area contributed by atoms with Crippen molar-refractivity contribution >= 4 is 46.4 Å². The molecule has 148 valence electrons. The predicted molar refractivity (Wildman–Crippen MR) is 113 cm³/mol. The molecule has 1 aliphatic rings. The van der Waals surface area contributed by atoms with E-state index in [1.54, 1.807) is 54.7 Å². The summed E-state index contributed by atoms with van der Waals surface area (Å²) in [7, 11) is 0. The van der Waals surface area contributed by atoms with Gasteiger partial charge in [0.25, 0.3) is 11.8 Å². The number of anilines is 2. The molecule has 7 nitrogen and oxygen atoms in total. The molecule has 0 atom stereocenters. The Morgan fingerprint density at radius 1 is 0.862 bits per heavy atom. The third-order valence-corrected chi connectivity index (χ3v) is 4.47. The normalized spacial score (nSPS) is 12.3. The molecular formula is C20H17Cl2N5O2. The number of halogens is 2. The third-order valence-electron chi connectivity index (χ3n) is 4.02. The number of carbonyl (C=O) groups excluding carboxylic acids is 2. The minimum absolute atomic E-state index is 0.244. The van der Waals surface area contributed by atoms with Gasteiger partial charge >= 0.3 is 0 Å². The standard InChI is InChI=1S/C15H12ClN3O2.C5H5ClN2/c16-13-6-5-10(9-18-13)17-7-8-19-14(20)11-3-1-2-4-12(11)15(19)21;6-5-2-1-4(7)3-8-5/h1-6,9,17H,7-8H2;1-3H,7H2. The lowest BCUT2D eigenvalue weighted by molar-refractivity contribution is 0.0660. The van der Waals surface area contributed by atoms with E-state index < -0.39 is 0 Å². The summed E-state index contributed by atoms with van der Waals surface area (Å²) in [5, 5.41) is 3.99. The molecule has 2 aromatic heterocycles. The molecule has 3 N–H and O–H groups in total. The predicted octanol–water partition coefficient (Wildman–Crippen LogP) is 3.76. The number of hydrogen-bond donors (Lipinski definition) is 2. The Morgan fingerprint density at radius 3 is 1.93 bits per heavy atom. The van der Waals surface area contributed by atoms with Gasteiger partial charge in [-0.3, -0.25) is 14.5 Å². The van der Waals surface area contributed by atoms with Gasteiger partial charge in [-0.1, -0.05) is 35.3 Å². The van der Waals surface area contributed by atoms with Crippen LogP contribution in [0.25, 0.3) is 0 Å². The van der Waals surface area contributed by atoms with Crippen molar-refractivity contribution < 1.29 is 9.59 Å². The maximum atomic E-state index is 12.1. The van der Waals surface area contributed by atoms with Gasteiger partial charge in [-0.25, -0.2) is 9.97 Å². The van der Waals surface area contributed by atoms with Crippen LogP contribution in [-0.2, 0) is 0 Å². The molecule has 0 fully saturated rings. The summed E-state index contributed by atoms with van der Waals surface area (Å²) in [5.74, 6) is -0.488. The van der Waals surface area contributed by atoms with E-state index in [1.165, 1.54) is 11.1 Å². The third kappa shape index (κ3) is 5.22. The maximum Gasteiger partial charge on any atom is 0.261 e. The quantitative estimate of drug-likeness (QED) is 0.483. The molecule has 2 amide bonds. The number of carbonyl (C=O) groups is 2. The second-order valence-corrected chi connectivity index (χ2v) is 6.79. The zero-order chi connectivity index (χ0) is 20.8. The number of nitrogens with zero attached hydrogens (tertiary/aromatic N) is 3. The van der Waals surface area contributed by atoms with E-state index in [-0.39, 0.29) is 11.8 Å². The zero-order valence-electron chi connectivity index (χ0n) is 15.2. The lowest BCUT2D eigenvalue weighted by Crippen LogP contribution is -2.34. The molecule has 4 rings (SSSR count). The Balaban J connectivity index is 0.000000252. The Hall–Kier alpha value is -3.16. The van der Waals surface area contributed by atoms with Gasteiger partial charge in [0.15, 0.2) is 0 Å². The molecule has 3 heterocycles. The fourth-order valence-electron chi connectivity index (χ4n) is 2.62. The fraction of sp³-hybridized carbons (Fsp3) is 0.100. The number of benzene rings is 1. The van der Waals surface area contributed by atoms with Crippen LogP contribution in [0, 0.1) is 0 Å². The number of nitrogens with one attached hydrogen (secondary N) is 1. The minimum Gasteiger partial charge on any atom is -0.397 e. The van der Waals surface area contributed by atoms with E-state index in [1.807, 2.05) is 0 Å². The lowest BCUT2D eigenvalue weighted by Gasteiger charge is -2.14. The summed E-state index contributed by atoms with van der Waals surface area (Å²) in [5.41, 5.74) is 7.66. The number of hydrogen-bond acceptors (Lipinski definition) is 6. The summed E-state index contributed by atoms with van der Waals surface area (Å²) >= 11 is 11.1. The van der Waals surface area contributed by atoms with E-state index in [2.05, 4.69) is 15.3 Å². The SMILES string of the molecule is Nc1ccc(Cl)nc1.O=C1c2ccccc2C(=O)N1CCNc1ccc(Cl)nc1. The molecule has 0 radical (unpaired) electrons. The molecule has 0 bridgehead atoms. The van der Waals surface area contributed by atoms with Crippen molar-refractivity contribution in [3.63, 3.8) is 0 Å². The average molecular weight is 430 g/mol. The first kappa shape index (κ1) is 20.6. The van der Waals surface area contributed by atoms with E-state index in [4.69, 9.17) is 28.9 Å². The van der Waals surface area contributed by atoms with Gasteiger partial charge in [-0.05, 0) is 36.4 Å². The molecule has 3 aromatic rings. The number of rotatable bonds is 4. The minimum atomic E-state index is -0.244. The van der Waals surface area contributed by atoms with Crippen molar-refractivity contribution in [3.8, 4) is 0 Å². The van der Waals surface area contributed by atoms with Gasteiger partial charge in [0.1, 0.15) is 10.3 Å². The Labute approximate surface area is 177 Å². The fourth-order valence-corrected chi connectivity index (χ4v) is 2.85. The van der Waals surface area contributed by atoms with Crippen LogP contribution in [-0.4, -0.2) is 39.8 Å². The van der Waals surface area contributed by atoms with Crippen LogP contribution in [0.4, 0.5) is 11.4 Å². The van der Waals surface area contributed by atoms with Crippen molar-refractivity contribution in [1.82, 2.24) is 14.9 Å². The molecule has 1 aliphatic heterocycles. The van der Waals surface area contributed by atoms with Gasteiger partial charge in [0, 0.05) is 13.1 Å². The smallest absolute Gasteiger partial charge is 0.261 e. The summed E-state index contributed by atoms with van der Waals surface area (Å²) < 4.78 is 0. The maximum absolute atomic E-state index is 12.1. The van der Waals surface area contributed by atoms with E-state index in [0.717, 1.165) is 5.69 Å². The highest BCUT2D eigenvalue weighted by molar-refractivity contribution is 6.29. The first-order valence-electron chi connectivity index (χ1n) is 8.63. The van der Waals surface area contributed by atoms with Crippen molar-refractivity contribution in [1.29, 1.82) is 0 Å². The number of pyridine rings is 2. The number of imide groups is 1. The van der Waals surface area contributed by atoms with E-state index in [0.29, 0.717) is 40.2 Å². The van der Waals surface area contributed by atoms with Crippen LogP contribution >= 0.6 is 23.2 Å². The topological polar surface area (TPSA) is 101 Å². The zero-order valence-corrected chi connectivity index (χ0v) is 16.7. The number of nitrogen functional groups attached to an aromatic ring is 1. The molecular weight excluding hydrogens is 413 g/mol. The summed E-state index contributed by atoms with van der Waals surface area (Å²) in [6, 6.07) is 13.7. The van der Waals surface area contributed by atoms with Gasteiger partial charge in [-0.2, -0.15) is 0 Å². The number of aromatic nitrogens is 2. The second kappa shape index (κ2) is 9.36. The van der Waals surface area contributed by atoms with Gasteiger partial charge in [0.2, 0.25) is 0 Å². The molecule has 0 aliphatic carbocycles. The monoisotopic (exact) mass is 429 g/mol. The highest BCUT2D eigenvalue weighted by atomic mass is 35.5. The average Bonchev–Trinajstić information content (AvgIpc) is 2.97. The van der Waals surface area contributed by atoms with E-state index in [9.17, 15) is 9.59 Å². The van der Waals surface area contributed by atoms with Crippen molar-refractivity contribution in [3.05, 3.63) is 82.4 Å². The molecule has 1 aromatic carbocycles. The molecule has 0 unspecified atom stereocenters. The Bertz CT molecular complexity index is 954. The van der Waals surface area contributed by atoms with Gasteiger partial charge in [0.05, 0.1) is 34.9 Å². The first-order valence-corrected chi connectivity index (χ1v) is 9.39. The van der Waals surface area contributed by atoms with Crippen LogP contribution in [0.3, 0.4) is 0 Å². The van der Waals surface area contributed by atoms with Crippen LogP contribution < -0.4 is 11.1 Å². The number of fused-ring (bicyclic) bond motifs is 1. The second-order valence-electron chi connectivity index (χ2n) is 6.02. The molecule has 9 heteroatoms. The summed E-state index contributed by atoms with van der Waals surface area (Å²) in [6.07, 6.45) is 3.12. The van der Waals surface area contributed by atoms with Crippen LogP contribution in [0.5, 0.6) is 0 Å². The van der Waals surface area contributed by atoms with Crippen molar-refractivity contribution in [2.24, 2.45) is 0 Å². The Kier molecular flexibility index (Phi) is 6.64. The van der Waals surface area contributed by atoms with Crippen LogP contribution in [0.15, 0.2) is 60.9 Å². The van der Waals surface area contributed by atoms with Gasteiger partial charge < -0.3 is 11.1 Å². The lowest BCUT2D eigenvalue weighted by atomic mass is 10.1. The largest absolute Gasteiger partial charge is 0.397 e. The van der Waals surface area contributed by atoms with Crippen LogP contribution in [0.1, 0.15) is 20.7 Å². The first-order chi connectivity index (χ1) is 14.0. The van der Waals surface area contributed by atoms with Crippen LogP contribution in [0.2, 0.25) is 10.3 Å². The highest BCUT2D eigenvalue weighted by Crippen LogP contribution is 2.22. The highest BCUT2D eigenvalue weighted by Gasteiger charge is 2.34. The molecule has 29 heavy (non-hydrogen) atoms. The van der Waals surface area contributed by atoms with E-state index >= 15 is 0 Å². The van der Waals surface area contributed by atoms with Gasteiger partial charge in [-0.15, -0.1) is 0 Å². The van der Waals surface area contributed by atoms with Crippen molar-refractivity contribution in [2.75, 3.05) is 24.1 Å². The summed E-state index contributed by atoms with van der Waals surface area (Å²) in [4.78, 5) is 33.2. The molecule has 0 saturated heterocycles. The molecule has 0 saturated carbocycles.